The summed E-state index contributed by atoms with van der Waals surface area (Å²) in [4.78, 5) is 7.81. The van der Waals surface area contributed by atoms with Gasteiger partial charge in [-0.15, -0.1) is 0 Å². The van der Waals surface area contributed by atoms with E-state index in [0.29, 0.717) is 6.04 Å². The van der Waals surface area contributed by atoms with Crippen molar-refractivity contribution in [1.29, 1.82) is 0 Å². The number of aryl methyl sites for hydroxylation is 3. The van der Waals surface area contributed by atoms with Crippen molar-refractivity contribution in [3.63, 3.8) is 0 Å². The molecule has 0 bridgehead atoms. The molecule has 0 saturated heterocycles. The fourth-order valence-electron chi connectivity index (χ4n) is 5.20. The molecule has 0 N–H and O–H groups in total. The van der Waals surface area contributed by atoms with Crippen LogP contribution in [0.2, 0.25) is 0 Å². The third-order valence-electron chi connectivity index (χ3n) is 6.76. The molecule has 3 aromatic rings. The topological polar surface area (TPSA) is 42.7 Å². The molecule has 31 heavy (non-hydrogen) atoms. The van der Waals surface area contributed by atoms with E-state index in [1.54, 1.807) is 7.11 Å². The van der Waals surface area contributed by atoms with Crippen LogP contribution in [0.5, 0.6) is 5.75 Å². The van der Waals surface area contributed by atoms with Gasteiger partial charge in [-0.2, -0.15) is 9.61 Å². The van der Waals surface area contributed by atoms with Gasteiger partial charge in [0.25, 0.3) is 0 Å². The van der Waals surface area contributed by atoms with Crippen LogP contribution in [-0.4, -0.2) is 34.3 Å². The van der Waals surface area contributed by atoms with Crippen LogP contribution >= 0.6 is 0 Å². The van der Waals surface area contributed by atoms with Gasteiger partial charge in [-0.25, -0.2) is 4.98 Å². The molecular weight excluding hydrogens is 384 g/mol. The smallest absolute Gasteiger partial charge is 0.165 e. The van der Waals surface area contributed by atoms with Crippen molar-refractivity contribution >= 4 is 11.5 Å². The van der Waals surface area contributed by atoms with Crippen molar-refractivity contribution < 1.29 is 4.74 Å². The largest absolute Gasteiger partial charge is 0.497 e. The number of aromatic nitrogens is 3. The second-order valence-corrected chi connectivity index (χ2v) is 8.75. The van der Waals surface area contributed by atoms with Gasteiger partial charge in [0.05, 0.1) is 12.8 Å². The van der Waals surface area contributed by atoms with E-state index in [-0.39, 0.29) is 0 Å². The molecule has 2 heterocycles. The van der Waals surface area contributed by atoms with E-state index in [4.69, 9.17) is 14.8 Å². The second kappa shape index (κ2) is 8.89. The molecule has 1 aliphatic rings. The molecule has 0 atom stereocenters. The van der Waals surface area contributed by atoms with Crippen molar-refractivity contribution in [2.24, 2.45) is 0 Å². The summed E-state index contributed by atoms with van der Waals surface area (Å²) in [6, 6.07) is 6.80. The number of fused-ring (bicyclic) bond motifs is 2. The number of rotatable bonds is 8. The molecule has 2 aromatic heterocycles. The molecule has 0 amide bonds. The van der Waals surface area contributed by atoms with Gasteiger partial charge in [0.2, 0.25) is 0 Å². The first kappa shape index (κ1) is 21.7. The number of hydrogen-bond acceptors (Lipinski definition) is 4. The normalized spacial score (nSPS) is 13.3. The van der Waals surface area contributed by atoms with Crippen molar-refractivity contribution in [2.45, 2.75) is 79.2 Å². The van der Waals surface area contributed by atoms with Crippen molar-refractivity contribution in [1.82, 2.24) is 14.6 Å². The predicted molar refractivity (Wildman–Crippen MR) is 128 cm³/mol. The van der Waals surface area contributed by atoms with Gasteiger partial charge in [0.1, 0.15) is 11.6 Å². The molecule has 1 aromatic carbocycles. The van der Waals surface area contributed by atoms with E-state index in [0.717, 1.165) is 61.3 Å². The molecule has 166 valence electrons. The second-order valence-electron chi connectivity index (χ2n) is 8.75. The van der Waals surface area contributed by atoms with E-state index in [2.05, 4.69) is 56.2 Å². The Morgan fingerprint density at radius 3 is 2.55 bits per heavy atom. The van der Waals surface area contributed by atoms with Crippen molar-refractivity contribution in [3.05, 3.63) is 40.7 Å². The third-order valence-corrected chi connectivity index (χ3v) is 6.76. The Hall–Kier alpha value is -2.56. The number of ether oxygens (including phenoxy) is 1. The lowest BCUT2D eigenvalue weighted by Gasteiger charge is -2.34. The Kier molecular flexibility index (Phi) is 6.22. The van der Waals surface area contributed by atoms with Crippen molar-refractivity contribution in [3.8, 4) is 16.9 Å². The van der Waals surface area contributed by atoms with Gasteiger partial charge >= 0.3 is 0 Å². The fourth-order valence-corrected chi connectivity index (χ4v) is 5.20. The highest BCUT2D eigenvalue weighted by molar-refractivity contribution is 5.83. The van der Waals surface area contributed by atoms with Gasteiger partial charge in [-0.05, 0) is 75.6 Å². The molecule has 0 unspecified atom stereocenters. The quantitative estimate of drug-likeness (QED) is 0.454. The fraction of sp³-hybridized carbons (Fsp3) is 0.538. The zero-order valence-corrected chi connectivity index (χ0v) is 20.0. The van der Waals surface area contributed by atoms with Gasteiger partial charge in [-0.3, -0.25) is 0 Å². The standard InChI is InChI=1S/C26H36N4O/c1-7-15-29(19(8-2)9-3)26-22-11-10-12-23(22)27-25-24(18(5)28-30(25)26)21-14-13-20(31-6)16-17(21)4/h13-14,16,19H,7-12,15H2,1-6H3. The predicted octanol–water partition coefficient (Wildman–Crippen LogP) is 5.92. The van der Waals surface area contributed by atoms with E-state index < -0.39 is 0 Å². The summed E-state index contributed by atoms with van der Waals surface area (Å²) >= 11 is 0. The van der Waals surface area contributed by atoms with Crippen LogP contribution in [-0.2, 0) is 12.8 Å². The third kappa shape index (κ3) is 3.68. The zero-order valence-electron chi connectivity index (χ0n) is 20.0. The Labute approximate surface area is 186 Å². The summed E-state index contributed by atoms with van der Waals surface area (Å²) in [5, 5.41) is 5.09. The number of methoxy groups -OCH3 is 1. The lowest BCUT2D eigenvalue weighted by atomic mass is 10.0. The van der Waals surface area contributed by atoms with Gasteiger partial charge in [0, 0.05) is 29.4 Å². The number of anilines is 1. The minimum atomic E-state index is 0.519. The lowest BCUT2D eigenvalue weighted by molar-refractivity contribution is 0.414. The summed E-state index contributed by atoms with van der Waals surface area (Å²) < 4.78 is 7.59. The first-order chi connectivity index (χ1) is 15.0. The van der Waals surface area contributed by atoms with Gasteiger partial charge < -0.3 is 9.64 Å². The van der Waals surface area contributed by atoms with Crippen LogP contribution in [0.15, 0.2) is 18.2 Å². The zero-order chi connectivity index (χ0) is 22.1. The SMILES string of the molecule is CCCN(c1c2c(nc3c(-c4ccc(OC)cc4C)c(C)nn13)CCC2)C(CC)CC. The Morgan fingerprint density at radius 2 is 1.90 bits per heavy atom. The monoisotopic (exact) mass is 420 g/mol. The minimum absolute atomic E-state index is 0.519. The molecule has 0 spiro atoms. The summed E-state index contributed by atoms with van der Waals surface area (Å²) in [5.74, 6) is 2.17. The number of benzene rings is 1. The van der Waals surface area contributed by atoms with Gasteiger partial charge in [-0.1, -0.05) is 26.8 Å². The van der Waals surface area contributed by atoms with Crippen LogP contribution in [0.1, 0.15) is 69.0 Å². The lowest BCUT2D eigenvalue weighted by Crippen LogP contribution is -2.37. The molecule has 4 rings (SSSR count). The number of hydrogen-bond donors (Lipinski definition) is 0. The Morgan fingerprint density at radius 1 is 1.13 bits per heavy atom. The molecule has 0 aliphatic heterocycles. The minimum Gasteiger partial charge on any atom is -0.497 e. The molecule has 0 radical (unpaired) electrons. The summed E-state index contributed by atoms with van der Waals surface area (Å²) in [6.45, 7) is 12.2. The van der Waals surface area contributed by atoms with Crippen LogP contribution < -0.4 is 9.64 Å². The van der Waals surface area contributed by atoms with Crippen LogP contribution in [0.25, 0.3) is 16.8 Å². The first-order valence-electron chi connectivity index (χ1n) is 11.9. The maximum absolute atomic E-state index is 5.43. The summed E-state index contributed by atoms with van der Waals surface area (Å²) in [5.41, 5.74) is 8.23. The Bertz CT molecular complexity index is 1080. The highest BCUT2D eigenvalue weighted by Crippen LogP contribution is 2.38. The van der Waals surface area contributed by atoms with Crippen molar-refractivity contribution in [2.75, 3.05) is 18.6 Å². The average Bonchev–Trinajstić information content (AvgIpc) is 3.36. The summed E-state index contributed by atoms with van der Waals surface area (Å²) in [6.07, 6.45) is 6.75. The Balaban J connectivity index is 1.99. The van der Waals surface area contributed by atoms with E-state index in [1.807, 2.05) is 6.07 Å². The van der Waals surface area contributed by atoms with Crippen LogP contribution in [0.4, 0.5) is 5.82 Å². The van der Waals surface area contributed by atoms with E-state index in [9.17, 15) is 0 Å². The molecule has 0 saturated carbocycles. The first-order valence-corrected chi connectivity index (χ1v) is 11.9. The van der Waals surface area contributed by atoms with Crippen LogP contribution in [0, 0.1) is 13.8 Å². The molecule has 1 aliphatic carbocycles. The van der Waals surface area contributed by atoms with E-state index in [1.165, 1.54) is 34.6 Å². The van der Waals surface area contributed by atoms with E-state index >= 15 is 0 Å². The molecule has 5 nitrogen and oxygen atoms in total. The average molecular weight is 421 g/mol. The highest BCUT2D eigenvalue weighted by Gasteiger charge is 2.29. The van der Waals surface area contributed by atoms with Crippen LogP contribution in [0.3, 0.4) is 0 Å². The summed E-state index contributed by atoms with van der Waals surface area (Å²) in [7, 11) is 1.71. The molecular formula is C26H36N4O. The maximum atomic E-state index is 5.43. The molecule has 5 heteroatoms. The maximum Gasteiger partial charge on any atom is 0.165 e. The van der Waals surface area contributed by atoms with Gasteiger partial charge in [0.15, 0.2) is 5.65 Å². The molecule has 0 fully saturated rings. The number of nitrogens with zero attached hydrogens (tertiary/aromatic N) is 4. The highest BCUT2D eigenvalue weighted by atomic mass is 16.5.